The lowest BCUT2D eigenvalue weighted by Gasteiger charge is -2.34. The van der Waals surface area contributed by atoms with Crippen molar-refractivity contribution in [2.45, 2.75) is 25.4 Å². The van der Waals surface area contributed by atoms with Gasteiger partial charge in [-0.1, -0.05) is 60.7 Å². The third-order valence-corrected chi connectivity index (χ3v) is 5.96. The van der Waals surface area contributed by atoms with Crippen LogP contribution in [0.15, 0.2) is 60.7 Å². The monoisotopic (exact) mass is 408 g/mol. The zero-order chi connectivity index (χ0) is 20.1. The number of benzene rings is 2. The molecule has 0 spiro atoms. The van der Waals surface area contributed by atoms with Crippen molar-refractivity contribution >= 4 is 22.7 Å². The number of carbonyl (C=O) groups is 1. The fraction of sp³-hybridized carbons (Fsp3) is 0.318. The summed E-state index contributed by atoms with van der Waals surface area (Å²) in [5.41, 5.74) is 2.07. The van der Waals surface area contributed by atoms with Gasteiger partial charge in [0.15, 0.2) is 5.82 Å². The first-order valence-corrected chi connectivity index (χ1v) is 10.6. The molecule has 3 aromatic rings. The Kier molecular flexibility index (Phi) is 6.17. The van der Waals surface area contributed by atoms with E-state index in [9.17, 15) is 9.90 Å². The van der Waals surface area contributed by atoms with E-state index in [1.54, 1.807) is 4.90 Å². The molecule has 7 heteroatoms. The van der Waals surface area contributed by atoms with Gasteiger partial charge < -0.3 is 10.0 Å². The number of hydrogen-bond acceptors (Lipinski definition) is 5. The number of amides is 2. The molecule has 1 aliphatic rings. The van der Waals surface area contributed by atoms with Gasteiger partial charge in [-0.3, -0.25) is 5.32 Å². The molecular formula is C22H24N4O2S. The maximum atomic E-state index is 12.6. The number of hydrogen-bond donors (Lipinski definition) is 2. The molecule has 4 rings (SSSR count). The zero-order valence-corrected chi connectivity index (χ0v) is 16.9. The molecule has 2 heterocycles. The van der Waals surface area contributed by atoms with E-state index in [-0.39, 0.29) is 18.1 Å². The summed E-state index contributed by atoms with van der Waals surface area (Å²) in [6.07, 6.45) is 1.88. The van der Waals surface area contributed by atoms with Gasteiger partial charge in [-0.05, 0) is 30.7 Å². The molecule has 2 aromatic carbocycles. The summed E-state index contributed by atoms with van der Waals surface area (Å²) in [4.78, 5) is 18.8. The smallest absolute Gasteiger partial charge is 0.323 e. The first-order valence-electron chi connectivity index (χ1n) is 9.86. The van der Waals surface area contributed by atoms with Gasteiger partial charge in [0, 0.05) is 30.2 Å². The van der Waals surface area contributed by atoms with Crippen LogP contribution in [0.2, 0.25) is 0 Å². The van der Waals surface area contributed by atoms with Crippen molar-refractivity contribution in [3.8, 4) is 11.4 Å². The first-order chi connectivity index (χ1) is 14.2. The van der Waals surface area contributed by atoms with Gasteiger partial charge in [0.1, 0.15) is 0 Å². The molecule has 2 N–H and O–H groups in total. The number of aliphatic hydroxyl groups is 1. The van der Waals surface area contributed by atoms with Crippen LogP contribution in [0.5, 0.6) is 0 Å². The predicted octanol–water partition coefficient (Wildman–Crippen LogP) is 4.05. The van der Waals surface area contributed by atoms with Gasteiger partial charge in [-0.2, -0.15) is 9.36 Å². The summed E-state index contributed by atoms with van der Waals surface area (Å²) in [6, 6.07) is 19.6. The highest BCUT2D eigenvalue weighted by Gasteiger charge is 2.28. The van der Waals surface area contributed by atoms with Gasteiger partial charge in [-0.15, -0.1) is 0 Å². The Morgan fingerprint density at radius 2 is 1.76 bits per heavy atom. The number of aliphatic hydroxyl groups excluding tert-OH is 1. The quantitative estimate of drug-likeness (QED) is 0.668. The number of anilines is 1. The number of urea groups is 1. The molecule has 1 aliphatic heterocycles. The Hall–Kier alpha value is -2.77. The molecule has 0 radical (unpaired) electrons. The number of carbonyl (C=O) groups excluding carboxylic acids is 1. The minimum Gasteiger partial charge on any atom is -0.392 e. The Bertz CT molecular complexity index is 924. The van der Waals surface area contributed by atoms with Crippen LogP contribution in [0.4, 0.5) is 9.93 Å². The average Bonchev–Trinajstić information content (AvgIpc) is 3.23. The van der Waals surface area contributed by atoms with Crippen molar-refractivity contribution in [2.75, 3.05) is 18.4 Å². The second kappa shape index (κ2) is 9.15. The van der Waals surface area contributed by atoms with Crippen molar-refractivity contribution < 1.29 is 9.90 Å². The Morgan fingerprint density at radius 1 is 1.10 bits per heavy atom. The molecule has 0 bridgehead atoms. The normalized spacial score (nSPS) is 15.8. The number of nitrogens with zero attached hydrogens (tertiary/aromatic N) is 3. The van der Waals surface area contributed by atoms with E-state index < -0.39 is 0 Å². The largest absolute Gasteiger partial charge is 0.392 e. The molecule has 1 aromatic heterocycles. The molecule has 2 amide bonds. The Morgan fingerprint density at radius 3 is 2.45 bits per heavy atom. The molecular weight excluding hydrogens is 384 g/mol. The summed E-state index contributed by atoms with van der Waals surface area (Å²) in [5, 5.41) is 13.9. The molecule has 0 unspecified atom stereocenters. The maximum absolute atomic E-state index is 12.6. The van der Waals surface area contributed by atoms with E-state index in [2.05, 4.69) is 14.7 Å². The zero-order valence-electron chi connectivity index (χ0n) is 16.1. The molecule has 1 fully saturated rings. The lowest BCUT2D eigenvalue weighted by molar-refractivity contribution is 0.0689. The topological polar surface area (TPSA) is 78.4 Å². The van der Waals surface area contributed by atoms with Crippen molar-refractivity contribution in [1.29, 1.82) is 0 Å². The highest BCUT2D eigenvalue weighted by molar-refractivity contribution is 7.10. The summed E-state index contributed by atoms with van der Waals surface area (Å²) < 4.78 is 4.32. The van der Waals surface area contributed by atoms with Crippen LogP contribution in [-0.4, -0.2) is 44.6 Å². The van der Waals surface area contributed by atoms with Crippen LogP contribution >= 0.6 is 11.5 Å². The van der Waals surface area contributed by atoms with Gasteiger partial charge in [0.2, 0.25) is 5.13 Å². The number of piperidine rings is 1. The summed E-state index contributed by atoms with van der Waals surface area (Å²) in [5.74, 6) is 0.833. The van der Waals surface area contributed by atoms with Crippen molar-refractivity contribution in [2.24, 2.45) is 5.92 Å². The standard InChI is InChI=1S/C22H24N4O2S/c27-19(15-16-7-3-1-4-8-16)17-11-13-26(14-12-17)22(28)24-21-23-20(25-29-21)18-9-5-2-6-10-18/h1-10,17,19,27H,11-15H2,(H,23,24,25,28)/t19-/m1/s1. The van der Waals surface area contributed by atoms with Gasteiger partial charge in [0.05, 0.1) is 6.10 Å². The van der Waals surface area contributed by atoms with Crippen LogP contribution in [0.3, 0.4) is 0 Å². The number of likely N-dealkylation sites (tertiary alicyclic amines) is 1. The van der Waals surface area contributed by atoms with Gasteiger partial charge in [-0.25, -0.2) is 4.79 Å². The highest BCUT2D eigenvalue weighted by atomic mass is 32.1. The SMILES string of the molecule is O=C(Nc1nc(-c2ccccc2)ns1)N1CCC([C@H](O)Cc2ccccc2)CC1. The molecule has 6 nitrogen and oxygen atoms in total. The molecule has 150 valence electrons. The fourth-order valence-electron chi connectivity index (χ4n) is 3.66. The van der Waals surface area contributed by atoms with E-state index in [1.165, 1.54) is 11.5 Å². The third-order valence-electron chi connectivity index (χ3n) is 5.33. The number of aromatic nitrogens is 2. The van der Waals surface area contributed by atoms with Crippen LogP contribution in [0.25, 0.3) is 11.4 Å². The maximum Gasteiger partial charge on any atom is 0.323 e. The summed E-state index contributed by atoms with van der Waals surface area (Å²) in [6.45, 7) is 1.26. The second-order valence-electron chi connectivity index (χ2n) is 7.30. The van der Waals surface area contributed by atoms with E-state index >= 15 is 0 Å². The van der Waals surface area contributed by atoms with E-state index in [0.717, 1.165) is 24.0 Å². The highest BCUT2D eigenvalue weighted by Crippen LogP contribution is 2.25. The lowest BCUT2D eigenvalue weighted by atomic mass is 9.88. The van der Waals surface area contributed by atoms with Crippen LogP contribution in [-0.2, 0) is 6.42 Å². The van der Waals surface area contributed by atoms with Crippen molar-refractivity contribution in [1.82, 2.24) is 14.3 Å². The van der Waals surface area contributed by atoms with Crippen molar-refractivity contribution in [3.63, 3.8) is 0 Å². The third kappa shape index (κ3) is 4.99. The van der Waals surface area contributed by atoms with Crippen LogP contribution in [0, 0.1) is 5.92 Å². The molecule has 0 saturated carbocycles. The lowest BCUT2D eigenvalue weighted by Crippen LogP contribution is -2.43. The van der Waals surface area contributed by atoms with E-state index in [0.29, 0.717) is 30.5 Å². The summed E-state index contributed by atoms with van der Waals surface area (Å²) >= 11 is 1.18. The molecule has 1 atom stereocenters. The fourth-order valence-corrected chi connectivity index (χ4v) is 4.24. The average molecular weight is 409 g/mol. The van der Waals surface area contributed by atoms with Gasteiger partial charge in [0.25, 0.3) is 0 Å². The van der Waals surface area contributed by atoms with E-state index in [4.69, 9.17) is 0 Å². The minimum absolute atomic E-state index is 0.156. The molecule has 29 heavy (non-hydrogen) atoms. The van der Waals surface area contributed by atoms with Gasteiger partial charge >= 0.3 is 6.03 Å². The molecule has 1 saturated heterocycles. The van der Waals surface area contributed by atoms with E-state index in [1.807, 2.05) is 60.7 Å². The number of nitrogens with one attached hydrogen (secondary N) is 1. The minimum atomic E-state index is -0.376. The first kappa shape index (κ1) is 19.5. The Labute approximate surface area is 174 Å². The van der Waals surface area contributed by atoms with Crippen molar-refractivity contribution in [3.05, 3.63) is 66.2 Å². The molecule has 0 aliphatic carbocycles. The van der Waals surface area contributed by atoms with Crippen LogP contribution in [0.1, 0.15) is 18.4 Å². The summed E-state index contributed by atoms with van der Waals surface area (Å²) in [7, 11) is 0. The van der Waals surface area contributed by atoms with Crippen LogP contribution < -0.4 is 5.32 Å². The Balaban J connectivity index is 1.28. The second-order valence-corrected chi connectivity index (χ2v) is 8.05. The predicted molar refractivity (Wildman–Crippen MR) is 115 cm³/mol. The number of rotatable bonds is 5.